The number of hydrogen-bond acceptors (Lipinski definition) is 7. The summed E-state index contributed by atoms with van der Waals surface area (Å²) in [5.74, 6) is 1.41. The minimum absolute atomic E-state index is 0.294. The van der Waals surface area contributed by atoms with Crippen LogP contribution < -0.4 is 15.4 Å². The molecule has 0 aliphatic carbocycles. The Labute approximate surface area is 171 Å². The van der Waals surface area contributed by atoms with Crippen molar-refractivity contribution in [3.05, 3.63) is 47.7 Å². The molecule has 0 unspecified atom stereocenters. The van der Waals surface area contributed by atoms with Gasteiger partial charge in [-0.05, 0) is 36.8 Å². The molecular formula is C20H27N5O3S. The molecule has 2 heterocycles. The molecule has 0 atom stereocenters. The number of aromatic nitrogens is 1. The molecule has 3 rings (SSSR count). The van der Waals surface area contributed by atoms with Crippen molar-refractivity contribution in [1.29, 1.82) is 5.41 Å². The van der Waals surface area contributed by atoms with Crippen molar-refractivity contribution in [1.82, 2.24) is 9.29 Å². The Bertz CT molecular complexity index is 985. The lowest BCUT2D eigenvalue weighted by Crippen LogP contribution is -2.48. The second-order valence-electron chi connectivity index (χ2n) is 7.02. The van der Waals surface area contributed by atoms with Crippen LogP contribution in [-0.4, -0.2) is 62.5 Å². The molecule has 1 aliphatic rings. The second kappa shape index (κ2) is 8.79. The van der Waals surface area contributed by atoms with Crippen LogP contribution in [0.25, 0.3) is 0 Å². The summed E-state index contributed by atoms with van der Waals surface area (Å²) in [6.45, 7) is 4.60. The normalized spacial score (nSPS) is 15.3. The smallest absolute Gasteiger partial charge is 0.211 e. The average Bonchev–Trinajstić information content (AvgIpc) is 2.72. The summed E-state index contributed by atoms with van der Waals surface area (Å²) >= 11 is 0. The minimum atomic E-state index is -3.18. The quantitative estimate of drug-likeness (QED) is 0.526. The molecule has 2 aromatic rings. The van der Waals surface area contributed by atoms with Gasteiger partial charge in [-0.15, -0.1) is 0 Å². The Balaban J connectivity index is 1.79. The lowest BCUT2D eigenvalue weighted by molar-refractivity contribution is 0.317. The van der Waals surface area contributed by atoms with Gasteiger partial charge in [-0.2, -0.15) is 4.31 Å². The number of pyridine rings is 1. The Morgan fingerprint density at radius 1 is 1.21 bits per heavy atom. The zero-order chi connectivity index (χ0) is 21.0. The van der Waals surface area contributed by atoms with E-state index in [9.17, 15) is 8.42 Å². The van der Waals surface area contributed by atoms with Gasteiger partial charge in [0.1, 0.15) is 11.6 Å². The monoisotopic (exact) mass is 417 g/mol. The Morgan fingerprint density at radius 3 is 2.59 bits per heavy atom. The number of benzene rings is 1. The molecule has 156 valence electrons. The van der Waals surface area contributed by atoms with Crippen molar-refractivity contribution >= 4 is 27.2 Å². The summed E-state index contributed by atoms with van der Waals surface area (Å²) in [6, 6.07) is 8.97. The third kappa shape index (κ3) is 5.04. The van der Waals surface area contributed by atoms with Gasteiger partial charge in [-0.1, -0.05) is 6.92 Å². The molecule has 0 radical (unpaired) electrons. The Kier molecular flexibility index (Phi) is 6.39. The fourth-order valence-corrected chi connectivity index (χ4v) is 4.04. The van der Waals surface area contributed by atoms with Crippen LogP contribution in [0.15, 0.2) is 36.5 Å². The highest BCUT2D eigenvalue weighted by Crippen LogP contribution is 2.24. The number of nitrogen functional groups attached to an aromatic ring is 1. The molecule has 0 amide bonds. The zero-order valence-corrected chi connectivity index (χ0v) is 17.6. The molecular weight excluding hydrogens is 390 g/mol. The van der Waals surface area contributed by atoms with Gasteiger partial charge < -0.3 is 15.4 Å². The van der Waals surface area contributed by atoms with Crippen LogP contribution in [0.2, 0.25) is 0 Å². The van der Waals surface area contributed by atoms with Gasteiger partial charge in [0.05, 0.1) is 18.6 Å². The van der Waals surface area contributed by atoms with Gasteiger partial charge in [-0.3, -0.25) is 5.41 Å². The van der Waals surface area contributed by atoms with Crippen molar-refractivity contribution < 1.29 is 13.2 Å². The van der Waals surface area contributed by atoms with Crippen molar-refractivity contribution in [2.45, 2.75) is 13.3 Å². The minimum Gasteiger partial charge on any atom is -0.494 e. The molecule has 1 fully saturated rings. The lowest BCUT2D eigenvalue weighted by atomic mass is 10.0. The number of piperazine rings is 1. The summed E-state index contributed by atoms with van der Waals surface area (Å²) < 4.78 is 30.5. The highest BCUT2D eigenvalue weighted by molar-refractivity contribution is 7.88. The average molecular weight is 418 g/mol. The van der Waals surface area contributed by atoms with E-state index in [1.54, 1.807) is 30.5 Å². The summed E-state index contributed by atoms with van der Waals surface area (Å²) in [5.41, 5.74) is 8.22. The maximum absolute atomic E-state index is 11.7. The first kappa shape index (κ1) is 21.1. The number of hydrogen-bond donors (Lipinski definition) is 2. The fourth-order valence-electron chi connectivity index (χ4n) is 3.21. The van der Waals surface area contributed by atoms with E-state index >= 15 is 0 Å². The Morgan fingerprint density at radius 2 is 1.93 bits per heavy atom. The maximum atomic E-state index is 11.7. The van der Waals surface area contributed by atoms with Gasteiger partial charge >= 0.3 is 0 Å². The largest absolute Gasteiger partial charge is 0.494 e. The molecule has 1 aromatic heterocycles. The Hall–Kier alpha value is -2.65. The molecule has 1 saturated heterocycles. The van der Waals surface area contributed by atoms with Crippen LogP contribution >= 0.6 is 0 Å². The first-order valence-electron chi connectivity index (χ1n) is 9.57. The molecule has 1 aromatic carbocycles. The zero-order valence-electron chi connectivity index (χ0n) is 16.8. The molecule has 0 spiro atoms. The highest BCUT2D eigenvalue weighted by Gasteiger charge is 2.24. The molecule has 0 saturated carbocycles. The second-order valence-corrected chi connectivity index (χ2v) is 9.01. The molecule has 1 aliphatic heterocycles. The van der Waals surface area contributed by atoms with Crippen molar-refractivity contribution in [2.24, 2.45) is 0 Å². The van der Waals surface area contributed by atoms with Gasteiger partial charge in [-0.25, -0.2) is 13.4 Å². The molecule has 8 nitrogen and oxygen atoms in total. The number of ether oxygens (including phenoxy) is 1. The van der Waals surface area contributed by atoms with Crippen LogP contribution in [0, 0.1) is 5.41 Å². The summed E-state index contributed by atoms with van der Waals surface area (Å²) in [5, 5.41) is 8.64. The summed E-state index contributed by atoms with van der Waals surface area (Å²) in [4.78, 5) is 6.44. The first-order valence-corrected chi connectivity index (χ1v) is 11.4. The summed E-state index contributed by atoms with van der Waals surface area (Å²) in [7, 11) is -3.18. The van der Waals surface area contributed by atoms with Crippen molar-refractivity contribution in [3.63, 3.8) is 0 Å². The molecule has 9 heteroatoms. The van der Waals surface area contributed by atoms with E-state index in [4.69, 9.17) is 15.9 Å². The van der Waals surface area contributed by atoms with Gasteiger partial charge in [0.25, 0.3) is 0 Å². The van der Waals surface area contributed by atoms with Crippen LogP contribution in [0.1, 0.15) is 24.5 Å². The third-order valence-corrected chi connectivity index (χ3v) is 6.14. The number of rotatable bonds is 7. The van der Waals surface area contributed by atoms with Gasteiger partial charge in [0.15, 0.2) is 0 Å². The third-order valence-electron chi connectivity index (χ3n) is 4.83. The van der Waals surface area contributed by atoms with E-state index in [1.807, 2.05) is 17.9 Å². The van der Waals surface area contributed by atoms with Gasteiger partial charge in [0.2, 0.25) is 10.0 Å². The van der Waals surface area contributed by atoms with Crippen LogP contribution in [0.3, 0.4) is 0 Å². The highest BCUT2D eigenvalue weighted by atomic mass is 32.2. The van der Waals surface area contributed by atoms with E-state index < -0.39 is 10.0 Å². The van der Waals surface area contributed by atoms with Crippen LogP contribution in [0.5, 0.6) is 5.75 Å². The SMILES string of the molecule is CCCOc1ccc(N)c(C(=N)c2ccnc(N3CCN(S(C)(=O)=O)CC3)c2)c1. The predicted molar refractivity (Wildman–Crippen MR) is 115 cm³/mol. The summed E-state index contributed by atoms with van der Waals surface area (Å²) in [6.07, 6.45) is 3.79. The standard InChI is InChI=1S/C20H27N5O3S/c1-3-12-28-16-4-5-18(21)17(14-16)20(22)15-6-7-23-19(13-15)24-8-10-25(11-9-24)29(2,26)27/h4-7,13-14,22H,3,8-12,21H2,1-2H3. The van der Waals surface area contributed by atoms with Crippen LogP contribution in [-0.2, 0) is 10.0 Å². The maximum Gasteiger partial charge on any atom is 0.211 e. The number of nitrogens with one attached hydrogen (secondary N) is 1. The van der Waals surface area contributed by atoms with E-state index in [1.165, 1.54) is 10.6 Å². The molecule has 3 N–H and O–H groups in total. The topological polar surface area (TPSA) is 113 Å². The lowest BCUT2D eigenvalue weighted by Gasteiger charge is -2.34. The predicted octanol–water partition coefficient (Wildman–Crippen LogP) is 1.95. The fraction of sp³-hybridized carbons (Fsp3) is 0.400. The first-order chi connectivity index (χ1) is 13.8. The number of nitrogens with zero attached hydrogens (tertiary/aromatic N) is 3. The van der Waals surface area contributed by atoms with E-state index in [2.05, 4.69) is 4.98 Å². The van der Waals surface area contributed by atoms with E-state index in [0.29, 0.717) is 61.1 Å². The molecule has 29 heavy (non-hydrogen) atoms. The van der Waals surface area contributed by atoms with Crippen LogP contribution in [0.4, 0.5) is 11.5 Å². The van der Waals surface area contributed by atoms with Crippen molar-refractivity contribution in [3.8, 4) is 5.75 Å². The number of sulfonamides is 1. The van der Waals surface area contributed by atoms with Gasteiger partial charge in [0, 0.05) is 49.2 Å². The number of nitrogens with two attached hydrogens (primary N) is 1. The molecule has 0 bridgehead atoms. The van der Waals surface area contributed by atoms with Crippen molar-refractivity contribution in [2.75, 3.05) is 49.7 Å². The number of anilines is 2. The van der Waals surface area contributed by atoms with E-state index in [-0.39, 0.29) is 0 Å². The van der Waals surface area contributed by atoms with E-state index in [0.717, 1.165) is 12.2 Å².